The molecule has 0 rings (SSSR count). The van der Waals surface area contributed by atoms with Gasteiger partial charge in [-0.1, -0.05) is 5.23 Å². The Morgan fingerprint density at radius 1 is 1.10 bits per heavy atom. The molecule has 0 aliphatic carbocycles. The molecule has 0 aromatic heterocycles. The number of nitrogens with zero attached hydrogens (tertiary/aromatic N) is 1. The minimum absolute atomic E-state index is 0.0488. The van der Waals surface area contributed by atoms with Gasteiger partial charge in [-0.15, -0.1) is 0 Å². The lowest BCUT2D eigenvalue weighted by Crippen LogP contribution is -2.22. The fourth-order valence-electron chi connectivity index (χ4n) is 0.376. The summed E-state index contributed by atoms with van der Waals surface area (Å²) in [5.74, 6) is 0. The molecule has 0 fully saturated rings. The average Bonchev–Trinajstić information content (AvgIpc) is 1.97. The predicted molar refractivity (Wildman–Crippen MR) is 33.8 cm³/mol. The molecular weight excluding hydrogens is 138 g/mol. The maximum absolute atomic E-state index is 8.28. The summed E-state index contributed by atoms with van der Waals surface area (Å²) in [6.07, 6.45) is 0. The number of rotatable bonds is 6. The quantitative estimate of drug-likeness (QED) is 0.465. The van der Waals surface area contributed by atoms with Crippen molar-refractivity contribution in [2.75, 3.05) is 33.5 Å². The Kier molecular flexibility index (Phi) is 6.78. The molecule has 62 valence electrons. The van der Waals surface area contributed by atoms with Crippen LogP contribution in [0.15, 0.2) is 0 Å². The summed E-state index contributed by atoms with van der Waals surface area (Å²) >= 11 is 0. The second kappa shape index (κ2) is 6.91. The number of aliphatic hydroxyl groups excluding tert-OH is 2. The van der Waals surface area contributed by atoms with Crippen molar-refractivity contribution in [3.05, 3.63) is 0 Å². The van der Waals surface area contributed by atoms with Crippen LogP contribution < -0.4 is 0 Å². The molecule has 0 radical (unpaired) electrons. The van der Waals surface area contributed by atoms with Crippen molar-refractivity contribution in [3.63, 3.8) is 0 Å². The summed E-state index contributed by atoms with van der Waals surface area (Å²) < 4.78 is 0. The normalized spacial score (nSPS) is 10.8. The molecule has 0 aromatic rings. The summed E-state index contributed by atoms with van der Waals surface area (Å²) in [6, 6.07) is 0. The van der Waals surface area contributed by atoms with E-state index in [4.69, 9.17) is 19.9 Å². The van der Waals surface area contributed by atoms with Crippen LogP contribution in [0, 0.1) is 0 Å². The van der Waals surface area contributed by atoms with Gasteiger partial charge in [0.2, 0.25) is 0 Å². The summed E-state index contributed by atoms with van der Waals surface area (Å²) in [5, 5.41) is 17.7. The molecule has 0 aliphatic rings. The van der Waals surface area contributed by atoms with Gasteiger partial charge in [-0.25, -0.2) is 0 Å². The summed E-state index contributed by atoms with van der Waals surface area (Å²) in [6.45, 7) is 0.295. The molecule has 0 heterocycles. The molecule has 0 saturated heterocycles. The maximum Gasteiger partial charge on any atom is 0.0942 e. The Morgan fingerprint density at radius 2 is 1.50 bits per heavy atom. The highest BCUT2D eigenvalue weighted by atomic mass is 16.9. The van der Waals surface area contributed by atoms with Gasteiger partial charge in [0.25, 0.3) is 0 Å². The van der Waals surface area contributed by atoms with Gasteiger partial charge in [0.15, 0.2) is 0 Å². The lowest BCUT2D eigenvalue weighted by molar-refractivity contribution is -0.356. The SMILES string of the molecule is CN(OCCO)OCCO. The number of hydrogen-bond donors (Lipinski definition) is 2. The molecule has 0 aliphatic heterocycles. The van der Waals surface area contributed by atoms with Crippen LogP contribution in [-0.2, 0) is 9.68 Å². The zero-order valence-corrected chi connectivity index (χ0v) is 5.99. The van der Waals surface area contributed by atoms with Gasteiger partial charge in [-0.05, 0) is 0 Å². The van der Waals surface area contributed by atoms with Crippen LogP contribution in [0.4, 0.5) is 0 Å². The second-order valence-corrected chi connectivity index (χ2v) is 1.55. The van der Waals surface area contributed by atoms with Crippen LogP contribution in [0.25, 0.3) is 0 Å². The minimum atomic E-state index is -0.0488. The van der Waals surface area contributed by atoms with Crippen LogP contribution in [0.1, 0.15) is 0 Å². The van der Waals surface area contributed by atoms with Gasteiger partial charge in [-0.3, -0.25) is 9.68 Å². The minimum Gasteiger partial charge on any atom is -0.394 e. The second-order valence-electron chi connectivity index (χ2n) is 1.55. The number of hydroxylamine groups is 2. The van der Waals surface area contributed by atoms with E-state index in [1.54, 1.807) is 7.05 Å². The van der Waals surface area contributed by atoms with Crippen molar-refractivity contribution >= 4 is 0 Å². The molecule has 0 amide bonds. The Hall–Kier alpha value is -0.200. The zero-order chi connectivity index (χ0) is 7.82. The third kappa shape index (κ3) is 5.93. The molecule has 5 nitrogen and oxygen atoms in total. The maximum atomic E-state index is 8.28. The molecule has 0 bridgehead atoms. The molecule has 5 heteroatoms. The van der Waals surface area contributed by atoms with Crippen molar-refractivity contribution in [1.29, 1.82) is 0 Å². The van der Waals surface area contributed by atoms with Gasteiger partial charge in [0, 0.05) is 7.05 Å². The van der Waals surface area contributed by atoms with Crippen molar-refractivity contribution in [3.8, 4) is 0 Å². The van der Waals surface area contributed by atoms with Crippen LogP contribution in [0.2, 0.25) is 0 Å². The zero-order valence-electron chi connectivity index (χ0n) is 5.99. The van der Waals surface area contributed by atoms with E-state index in [1.807, 2.05) is 0 Å². The van der Waals surface area contributed by atoms with Gasteiger partial charge in [0.05, 0.1) is 26.4 Å². The third-order valence-electron chi connectivity index (χ3n) is 0.729. The first-order valence-electron chi connectivity index (χ1n) is 3.02. The Labute approximate surface area is 59.7 Å². The van der Waals surface area contributed by atoms with E-state index >= 15 is 0 Å². The molecular formula is C5H13NO4. The summed E-state index contributed by atoms with van der Waals surface area (Å²) in [7, 11) is 1.55. The van der Waals surface area contributed by atoms with E-state index in [0.29, 0.717) is 0 Å². The molecule has 0 atom stereocenters. The van der Waals surface area contributed by atoms with E-state index < -0.39 is 0 Å². The van der Waals surface area contributed by atoms with Crippen LogP contribution in [-0.4, -0.2) is 48.9 Å². The average molecular weight is 151 g/mol. The van der Waals surface area contributed by atoms with Gasteiger partial charge < -0.3 is 10.2 Å². The first-order valence-corrected chi connectivity index (χ1v) is 3.02. The first kappa shape index (κ1) is 9.80. The van der Waals surface area contributed by atoms with Gasteiger partial charge in [-0.2, -0.15) is 0 Å². The Bertz CT molecular complexity index is 62.7. The molecule has 0 saturated carbocycles. The van der Waals surface area contributed by atoms with E-state index in [-0.39, 0.29) is 26.4 Å². The van der Waals surface area contributed by atoms with E-state index in [0.717, 1.165) is 5.23 Å². The van der Waals surface area contributed by atoms with Crippen molar-refractivity contribution in [2.45, 2.75) is 0 Å². The molecule has 0 spiro atoms. The smallest absolute Gasteiger partial charge is 0.0942 e. The molecule has 0 unspecified atom stereocenters. The standard InChI is InChI=1S/C5H13NO4/c1-6(9-4-2-7)10-5-3-8/h7-8H,2-5H2,1H3. The van der Waals surface area contributed by atoms with E-state index in [9.17, 15) is 0 Å². The Morgan fingerprint density at radius 3 is 1.80 bits per heavy atom. The molecule has 0 aromatic carbocycles. The monoisotopic (exact) mass is 151 g/mol. The van der Waals surface area contributed by atoms with Gasteiger partial charge >= 0.3 is 0 Å². The van der Waals surface area contributed by atoms with Crippen LogP contribution in [0.5, 0.6) is 0 Å². The van der Waals surface area contributed by atoms with Crippen LogP contribution >= 0.6 is 0 Å². The molecule has 2 N–H and O–H groups in total. The van der Waals surface area contributed by atoms with Crippen LogP contribution in [0.3, 0.4) is 0 Å². The fraction of sp³-hybridized carbons (Fsp3) is 1.00. The lowest BCUT2D eigenvalue weighted by Gasteiger charge is -2.13. The third-order valence-corrected chi connectivity index (χ3v) is 0.729. The summed E-state index contributed by atoms with van der Waals surface area (Å²) in [5.41, 5.74) is 0. The first-order chi connectivity index (χ1) is 4.81. The number of hydrogen-bond acceptors (Lipinski definition) is 5. The van der Waals surface area contributed by atoms with Crippen molar-refractivity contribution in [1.82, 2.24) is 5.23 Å². The molecule has 10 heavy (non-hydrogen) atoms. The largest absolute Gasteiger partial charge is 0.394 e. The highest BCUT2D eigenvalue weighted by Crippen LogP contribution is 1.85. The highest BCUT2D eigenvalue weighted by Gasteiger charge is 1.95. The van der Waals surface area contributed by atoms with E-state index in [2.05, 4.69) is 0 Å². The van der Waals surface area contributed by atoms with Gasteiger partial charge in [0.1, 0.15) is 0 Å². The highest BCUT2D eigenvalue weighted by molar-refractivity contribution is 4.18. The Balaban J connectivity index is 3.00. The predicted octanol–water partition coefficient (Wildman–Crippen LogP) is -1.23. The fourth-order valence-corrected chi connectivity index (χ4v) is 0.376. The van der Waals surface area contributed by atoms with E-state index in [1.165, 1.54) is 0 Å². The topological polar surface area (TPSA) is 62.2 Å². The number of aliphatic hydroxyl groups is 2. The van der Waals surface area contributed by atoms with Crippen molar-refractivity contribution < 1.29 is 19.9 Å². The lowest BCUT2D eigenvalue weighted by atomic mass is 10.8. The summed E-state index contributed by atoms with van der Waals surface area (Å²) in [4.78, 5) is 9.49. The van der Waals surface area contributed by atoms with Crippen molar-refractivity contribution in [2.24, 2.45) is 0 Å².